The van der Waals surface area contributed by atoms with Crippen molar-refractivity contribution >= 4 is 10.8 Å². The molecule has 1 aliphatic rings. The molecule has 1 aromatic carbocycles. The normalized spacial score (nSPS) is 30.7. The van der Waals surface area contributed by atoms with E-state index in [1.807, 2.05) is 56.3 Å². The number of nitro groups is 1. The number of hydrogen-bond donors (Lipinski definition) is 0. The van der Waals surface area contributed by atoms with E-state index in [9.17, 15) is 14.3 Å². The highest BCUT2D eigenvalue weighted by Crippen LogP contribution is 2.36. The molecule has 0 fully saturated rings. The van der Waals surface area contributed by atoms with Gasteiger partial charge < -0.3 is 0 Å². The lowest BCUT2D eigenvalue weighted by atomic mass is 9.83. The average Bonchev–Trinajstić information content (AvgIpc) is 2.47. The molecule has 0 spiro atoms. The second-order valence-electron chi connectivity index (χ2n) is 6.36. The fourth-order valence-corrected chi connectivity index (χ4v) is 5.12. The fourth-order valence-electron chi connectivity index (χ4n) is 3.24. The summed E-state index contributed by atoms with van der Waals surface area (Å²) in [5, 5.41) is 11.5. The third kappa shape index (κ3) is 3.29. The predicted octanol–water partition coefficient (Wildman–Crippen LogP) is 3.54. The molecule has 0 saturated heterocycles. The van der Waals surface area contributed by atoms with E-state index in [0.717, 1.165) is 5.56 Å². The summed E-state index contributed by atoms with van der Waals surface area (Å²) in [6.07, 6.45) is 4.31. The standard InChI is InChI=1S/C17H23NO3S/c1-13-8-7-11-17(3,16(13)18(19)20)22(21)12-14(2)15-9-5-4-6-10-15/h4-10,13-14,16H,11-12H2,1-3H3/t13-,14+,16-,17-,22-/m0/s1. The van der Waals surface area contributed by atoms with Crippen molar-refractivity contribution in [2.45, 2.75) is 43.9 Å². The van der Waals surface area contributed by atoms with Crippen LogP contribution in [0.15, 0.2) is 42.5 Å². The van der Waals surface area contributed by atoms with Crippen LogP contribution in [0.5, 0.6) is 0 Å². The van der Waals surface area contributed by atoms with Crippen molar-refractivity contribution in [1.29, 1.82) is 0 Å². The Morgan fingerprint density at radius 1 is 1.41 bits per heavy atom. The molecule has 2 rings (SSSR count). The van der Waals surface area contributed by atoms with Gasteiger partial charge in [-0.15, -0.1) is 0 Å². The second-order valence-corrected chi connectivity index (χ2v) is 8.32. The molecule has 22 heavy (non-hydrogen) atoms. The van der Waals surface area contributed by atoms with Gasteiger partial charge in [-0.05, 0) is 24.8 Å². The van der Waals surface area contributed by atoms with Crippen molar-refractivity contribution < 1.29 is 9.13 Å². The molecule has 4 nitrogen and oxygen atoms in total. The minimum Gasteiger partial charge on any atom is -0.264 e. The maximum Gasteiger partial charge on any atom is 0.235 e. The van der Waals surface area contributed by atoms with Gasteiger partial charge in [0.05, 0.1) is 0 Å². The Bertz CT molecular complexity index is 587. The van der Waals surface area contributed by atoms with Crippen LogP contribution in [0.2, 0.25) is 0 Å². The van der Waals surface area contributed by atoms with E-state index in [1.165, 1.54) is 0 Å². The van der Waals surface area contributed by atoms with Crippen LogP contribution in [0.4, 0.5) is 0 Å². The summed E-state index contributed by atoms with van der Waals surface area (Å²) in [6, 6.07) is 9.10. The van der Waals surface area contributed by atoms with Gasteiger partial charge in [0.25, 0.3) is 0 Å². The Morgan fingerprint density at radius 3 is 2.64 bits per heavy atom. The number of allylic oxidation sites excluding steroid dienone is 1. The molecule has 0 amide bonds. The van der Waals surface area contributed by atoms with Crippen LogP contribution in [-0.2, 0) is 10.8 Å². The predicted molar refractivity (Wildman–Crippen MR) is 90.0 cm³/mol. The smallest absolute Gasteiger partial charge is 0.235 e. The molecule has 0 unspecified atom stereocenters. The monoisotopic (exact) mass is 321 g/mol. The van der Waals surface area contributed by atoms with Gasteiger partial charge in [-0.1, -0.05) is 56.3 Å². The number of benzene rings is 1. The highest BCUT2D eigenvalue weighted by molar-refractivity contribution is 7.86. The summed E-state index contributed by atoms with van der Waals surface area (Å²) in [5.74, 6) is 0.378. The Labute approximate surface area is 134 Å². The van der Waals surface area contributed by atoms with Gasteiger partial charge in [-0.25, -0.2) is 0 Å². The third-order valence-corrected chi connectivity index (χ3v) is 6.85. The van der Waals surface area contributed by atoms with Gasteiger partial charge in [0.2, 0.25) is 6.04 Å². The average molecular weight is 321 g/mol. The molecule has 5 heteroatoms. The van der Waals surface area contributed by atoms with E-state index >= 15 is 0 Å². The Kier molecular flexibility index (Phi) is 5.16. The Hall–Kier alpha value is -1.49. The molecule has 0 radical (unpaired) electrons. The van der Waals surface area contributed by atoms with Crippen LogP contribution >= 0.6 is 0 Å². The largest absolute Gasteiger partial charge is 0.264 e. The lowest BCUT2D eigenvalue weighted by molar-refractivity contribution is -0.535. The molecule has 0 saturated carbocycles. The maximum absolute atomic E-state index is 12.9. The summed E-state index contributed by atoms with van der Waals surface area (Å²) >= 11 is 0. The van der Waals surface area contributed by atoms with Crippen molar-refractivity contribution in [1.82, 2.24) is 0 Å². The third-order valence-electron chi connectivity index (χ3n) is 4.60. The maximum atomic E-state index is 12.9. The van der Waals surface area contributed by atoms with E-state index < -0.39 is 21.6 Å². The highest BCUT2D eigenvalue weighted by atomic mass is 32.2. The minimum atomic E-state index is -1.27. The quantitative estimate of drug-likeness (QED) is 0.473. The number of hydrogen-bond acceptors (Lipinski definition) is 3. The van der Waals surface area contributed by atoms with Crippen molar-refractivity contribution in [2.75, 3.05) is 5.75 Å². The molecule has 1 aromatic rings. The van der Waals surface area contributed by atoms with Crippen molar-refractivity contribution in [3.8, 4) is 0 Å². The van der Waals surface area contributed by atoms with Crippen LogP contribution in [0.1, 0.15) is 38.7 Å². The zero-order chi connectivity index (χ0) is 16.3. The van der Waals surface area contributed by atoms with Crippen LogP contribution < -0.4 is 0 Å². The van der Waals surface area contributed by atoms with Gasteiger partial charge in [0.15, 0.2) is 0 Å². The Balaban J connectivity index is 2.20. The lowest BCUT2D eigenvalue weighted by Gasteiger charge is -2.36. The molecule has 5 atom stereocenters. The molecule has 0 heterocycles. The van der Waals surface area contributed by atoms with Crippen molar-refractivity contribution in [2.24, 2.45) is 5.92 Å². The van der Waals surface area contributed by atoms with Gasteiger partial charge >= 0.3 is 0 Å². The highest BCUT2D eigenvalue weighted by Gasteiger charge is 2.51. The summed E-state index contributed by atoms with van der Waals surface area (Å²) in [5.41, 5.74) is 1.12. The molecule has 120 valence electrons. The van der Waals surface area contributed by atoms with Crippen LogP contribution in [0.25, 0.3) is 0 Å². The van der Waals surface area contributed by atoms with Crippen molar-refractivity contribution in [3.63, 3.8) is 0 Å². The van der Waals surface area contributed by atoms with Gasteiger partial charge in [0.1, 0.15) is 4.75 Å². The first-order valence-electron chi connectivity index (χ1n) is 7.60. The second kappa shape index (κ2) is 6.73. The summed E-state index contributed by atoms with van der Waals surface area (Å²) in [7, 11) is -1.27. The molecule has 1 aliphatic carbocycles. The Morgan fingerprint density at radius 2 is 2.05 bits per heavy atom. The first-order valence-corrected chi connectivity index (χ1v) is 8.91. The molecular formula is C17H23NO3S. The van der Waals surface area contributed by atoms with Crippen LogP contribution in [0, 0.1) is 16.0 Å². The summed E-state index contributed by atoms with van der Waals surface area (Å²) in [6.45, 7) is 5.66. The summed E-state index contributed by atoms with van der Waals surface area (Å²) in [4.78, 5) is 11.2. The van der Waals surface area contributed by atoms with E-state index in [4.69, 9.17) is 0 Å². The van der Waals surface area contributed by atoms with E-state index in [0.29, 0.717) is 12.2 Å². The first kappa shape index (κ1) is 16.9. The molecular weight excluding hydrogens is 298 g/mol. The number of nitrogens with zero attached hydrogens (tertiary/aromatic N) is 1. The van der Waals surface area contributed by atoms with Crippen LogP contribution in [-0.4, -0.2) is 25.7 Å². The summed E-state index contributed by atoms with van der Waals surface area (Å²) < 4.78 is 12.1. The number of rotatable bonds is 5. The minimum absolute atomic E-state index is 0.118. The van der Waals surface area contributed by atoms with Crippen LogP contribution in [0.3, 0.4) is 0 Å². The van der Waals surface area contributed by atoms with Gasteiger partial charge in [-0.2, -0.15) is 0 Å². The molecule has 0 aliphatic heterocycles. The SMILES string of the molecule is C[C@H](C[S@](=O)[C@@]1(C)CC=C[C@H](C)[C@@H]1[N+](=O)[O-])c1ccccc1. The fraction of sp³-hybridized carbons (Fsp3) is 0.529. The zero-order valence-corrected chi connectivity index (χ0v) is 14.1. The lowest BCUT2D eigenvalue weighted by Crippen LogP contribution is -2.53. The topological polar surface area (TPSA) is 60.2 Å². The van der Waals surface area contributed by atoms with Gasteiger partial charge in [0, 0.05) is 27.4 Å². The van der Waals surface area contributed by atoms with E-state index in [1.54, 1.807) is 6.92 Å². The first-order chi connectivity index (χ1) is 10.4. The van der Waals surface area contributed by atoms with Crippen molar-refractivity contribution in [3.05, 3.63) is 58.2 Å². The van der Waals surface area contributed by atoms with E-state index in [-0.39, 0.29) is 16.8 Å². The van der Waals surface area contributed by atoms with E-state index in [2.05, 4.69) is 0 Å². The zero-order valence-electron chi connectivity index (χ0n) is 13.3. The molecule has 0 N–H and O–H groups in total. The van der Waals surface area contributed by atoms with Gasteiger partial charge in [-0.3, -0.25) is 14.3 Å². The molecule has 0 bridgehead atoms. The molecule has 0 aromatic heterocycles.